The first-order valence-corrected chi connectivity index (χ1v) is 5.78. The van der Waals surface area contributed by atoms with Crippen LogP contribution in [0, 0.1) is 0 Å². The van der Waals surface area contributed by atoms with Crippen molar-refractivity contribution in [1.82, 2.24) is 4.98 Å². The van der Waals surface area contributed by atoms with Crippen molar-refractivity contribution in [3.05, 3.63) is 48.2 Å². The van der Waals surface area contributed by atoms with Gasteiger partial charge in [-0.1, -0.05) is 18.2 Å². The van der Waals surface area contributed by atoms with Crippen molar-refractivity contribution in [1.29, 1.82) is 0 Å². The SMILES string of the molecule is NNc1cc(NC2COc3ccccc32)ccn1. The number of hydrogen-bond acceptors (Lipinski definition) is 5. The van der Waals surface area contributed by atoms with Crippen LogP contribution in [0.25, 0.3) is 0 Å². The van der Waals surface area contributed by atoms with Crippen molar-refractivity contribution in [2.24, 2.45) is 5.84 Å². The highest BCUT2D eigenvalue weighted by Crippen LogP contribution is 2.34. The predicted molar refractivity (Wildman–Crippen MR) is 70.3 cm³/mol. The summed E-state index contributed by atoms with van der Waals surface area (Å²) in [7, 11) is 0. The van der Waals surface area contributed by atoms with Gasteiger partial charge in [-0.05, 0) is 12.1 Å². The number of ether oxygens (including phenoxy) is 1. The van der Waals surface area contributed by atoms with E-state index in [2.05, 4.69) is 21.8 Å². The predicted octanol–water partition coefficient (Wildman–Crippen LogP) is 1.91. The lowest BCUT2D eigenvalue weighted by Crippen LogP contribution is -2.13. The first-order chi connectivity index (χ1) is 8.86. The lowest BCUT2D eigenvalue weighted by atomic mass is 10.1. The van der Waals surface area contributed by atoms with Gasteiger partial charge in [0.25, 0.3) is 0 Å². The van der Waals surface area contributed by atoms with Crippen molar-refractivity contribution >= 4 is 11.5 Å². The van der Waals surface area contributed by atoms with E-state index < -0.39 is 0 Å². The Bertz CT molecular complexity index is 558. The average molecular weight is 242 g/mol. The first kappa shape index (κ1) is 10.9. The number of nitrogens with one attached hydrogen (secondary N) is 2. The fourth-order valence-corrected chi connectivity index (χ4v) is 2.08. The van der Waals surface area contributed by atoms with Crippen LogP contribution in [-0.4, -0.2) is 11.6 Å². The summed E-state index contributed by atoms with van der Waals surface area (Å²) in [6, 6.07) is 12.0. The molecule has 1 aliphatic rings. The number of anilines is 2. The average Bonchev–Trinajstić information content (AvgIpc) is 2.83. The summed E-state index contributed by atoms with van der Waals surface area (Å²) in [5.74, 6) is 6.92. The molecule has 1 unspecified atom stereocenters. The Labute approximate surface area is 105 Å². The van der Waals surface area contributed by atoms with Gasteiger partial charge in [-0.25, -0.2) is 10.8 Å². The summed E-state index contributed by atoms with van der Waals surface area (Å²) in [5, 5.41) is 3.41. The van der Waals surface area contributed by atoms with E-state index in [1.807, 2.05) is 30.3 Å². The molecule has 1 aromatic carbocycles. The molecule has 18 heavy (non-hydrogen) atoms. The summed E-state index contributed by atoms with van der Waals surface area (Å²) in [5.41, 5.74) is 4.67. The molecule has 1 atom stereocenters. The molecule has 0 aliphatic carbocycles. The standard InChI is InChI=1S/C13H14N4O/c14-17-13-7-9(5-6-15-13)16-11-8-18-12-4-2-1-3-10(11)12/h1-7,11H,8,14H2,(H2,15,16,17). The second-order valence-electron chi connectivity index (χ2n) is 4.12. The van der Waals surface area contributed by atoms with Crippen molar-refractivity contribution in [2.75, 3.05) is 17.3 Å². The minimum atomic E-state index is 0.161. The van der Waals surface area contributed by atoms with Gasteiger partial charge in [-0.3, -0.25) is 0 Å². The molecular weight excluding hydrogens is 228 g/mol. The number of hydrogen-bond donors (Lipinski definition) is 3. The van der Waals surface area contributed by atoms with Crippen molar-refractivity contribution in [2.45, 2.75) is 6.04 Å². The molecule has 0 radical (unpaired) electrons. The number of nitrogen functional groups attached to an aromatic ring is 1. The van der Waals surface area contributed by atoms with Gasteiger partial charge in [0.2, 0.25) is 0 Å². The molecular formula is C13H14N4O. The van der Waals surface area contributed by atoms with Crippen LogP contribution in [0.3, 0.4) is 0 Å². The van der Waals surface area contributed by atoms with Crippen LogP contribution in [-0.2, 0) is 0 Å². The fourth-order valence-electron chi connectivity index (χ4n) is 2.08. The minimum Gasteiger partial charge on any atom is -0.491 e. The highest BCUT2D eigenvalue weighted by Gasteiger charge is 2.23. The van der Waals surface area contributed by atoms with E-state index in [-0.39, 0.29) is 6.04 Å². The zero-order valence-corrected chi connectivity index (χ0v) is 9.76. The maximum atomic E-state index is 5.62. The number of rotatable bonds is 3. The minimum absolute atomic E-state index is 0.161. The molecule has 0 saturated carbocycles. The van der Waals surface area contributed by atoms with Crippen LogP contribution in [0.15, 0.2) is 42.6 Å². The monoisotopic (exact) mass is 242 g/mol. The number of fused-ring (bicyclic) bond motifs is 1. The molecule has 2 heterocycles. The van der Waals surface area contributed by atoms with Gasteiger partial charge in [0, 0.05) is 23.5 Å². The molecule has 5 nitrogen and oxygen atoms in total. The molecule has 1 aromatic heterocycles. The number of aromatic nitrogens is 1. The van der Waals surface area contributed by atoms with Gasteiger partial charge in [-0.15, -0.1) is 0 Å². The summed E-state index contributed by atoms with van der Waals surface area (Å²) in [6.07, 6.45) is 1.71. The van der Waals surface area contributed by atoms with E-state index in [1.54, 1.807) is 6.20 Å². The third kappa shape index (κ3) is 1.96. The molecule has 0 amide bonds. The molecule has 2 aromatic rings. The van der Waals surface area contributed by atoms with Gasteiger partial charge in [0.1, 0.15) is 18.2 Å². The summed E-state index contributed by atoms with van der Waals surface area (Å²) in [6.45, 7) is 0.632. The number of para-hydroxylation sites is 1. The van der Waals surface area contributed by atoms with E-state index in [0.717, 1.165) is 11.4 Å². The van der Waals surface area contributed by atoms with E-state index >= 15 is 0 Å². The van der Waals surface area contributed by atoms with Crippen LogP contribution in [0.2, 0.25) is 0 Å². The Morgan fingerprint density at radius 2 is 2.17 bits per heavy atom. The van der Waals surface area contributed by atoms with E-state index in [9.17, 15) is 0 Å². The smallest absolute Gasteiger partial charge is 0.141 e. The number of nitrogens with two attached hydrogens (primary N) is 1. The second kappa shape index (κ2) is 4.54. The molecule has 0 bridgehead atoms. The van der Waals surface area contributed by atoms with Crippen molar-refractivity contribution in [3.63, 3.8) is 0 Å². The number of pyridine rings is 1. The molecule has 1 aliphatic heterocycles. The van der Waals surface area contributed by atoms with E-state index in [0.29, 0.717) is 12.4 Å². The highest BCUT2D eigenvalue weighted by atomic mass is 16.5. The van der Waals surface area contributed by atoms with E-state index in [1.165, 1.54) is 5.56 Å². The molecule has 92 valence electrons. The second-order valence-corrected chi connectivity index (χ2v) is 4.12. The molecule has 5 heteroatoms. The first-order valence-electron chi connectivity index (χ1n) is 5.78. The Morgan fingerprint density at radius 1 is 1.28 bits per heavy atom. The topological polar surface area (TPSA) is 72.2 Å². The fraction of sp³-hybridized carbons (Fsp3) is 0.154. The largest absolute Gasteiger partial charge is 0.491 e. The maximum Gasteiger partial charge on any atom is 0.141 e. The molecule has 0 saturated heterocycles. The van der Waals surface area contributed by atoms with Gasteiger partial charge < -0.3 is 15.5 Å². The van der Waals surface area contributed by atoms with Gasteiger partial charge >= 0.3 is 0 Å². The van der Waals surface area contributed by atoms with Crippen LogP contribution >= 0.6 is 0 Å². The number of nitrogens with zero attached hydrogens (tertiary/aromatic N) is 1. The molecule has 3 rings (SSSR count). The van der Waals surface area contributed by atoms with Crippen LogP contribution in [0.4, 0.5) is 11.5 Å². The summed E-state index contributed by atoms with van der Waals surface area (Å²) >= 11 is 0. The lowest BCUT2D eigenvalue weighted by Gasteiger charge is -2.13. The Morgan fingerprint density at radius 3 is 3.06 bits per heavy atom. The number of hydrazine groups is 1. The van der Waals surface area contributed by atoms with E-state index in [4.69, 9.17) is 10.6 Å². The van der Waals surface area contributed by atoms with Crippen molar-refractivity contribution in [3.8, 4) is 5.75 Å². The zero-order valence-electron chi connectivity index (χ0n) is 9.76. The van der Waals surface area contributed by atoms with Gasteiger partial charge in [0.05, 0.1) is 6.04 Å². The maximum absolute atomic E-state index is 5.62. The third-order valence-corrected chi connectivity index (χ3v) is 2.95. The quantitative estimate of drug-likeness (QED) is 0.566. The Kier molecular flexibility index (Phi) is 2.74. The van der Waals surface area contributed by atoms with Crippen LogP contribution in [0.1, 0.15) is 11.6 Å². The molecule has 4 N–H and O–H groups in total. The molecule has 0 fully saturated rings. The third-order valence-electron chi connectivity index (χ3n) is 2.95. The highest BCUT2D eigenvalue weighted by molar-refractivity contribution is 5.54. The Hall–Kier alpha value is -2.27. The van der Waals surface area contributed by atoms with Crippen LogP contribution in [0.5, 0.6) is 5.75 Å². The van der Waals surface area contributed by atoms with Gasteiger partial charge in [-0.2, -0.15) is 0 Å². The summed E-state index contributed by atoms with van der Waals surface area (Å²) in [4.78, 5) is 4.07. The molecule has 0 spiro atoms. The number of benzene rings is 1. The van der Waals surface area contributed by atoms with Crippen LogP contribution < -0.4 is 21.3 Å². The summed E-state index contributed by atoms with van der Waals surface area (Å²) < 4.78 is 5.62. The Balaban J connectivity index is 1.82. The normalized spacial score (nSPS) is 16.8. The lowest BCUT2D eigenvalue weighted by molar-refractivity contribution is 0.340. The van der Waals surface area contributed by atoms with Crippen molar-refractivity contribution < 1.29 is 4.74 Å². The van der Waals surface area contributed by atoms with Gasteiger partial charge in [0.15, 0.2) is 0 Å². The zero-order chi connectivity index (χ0) is 12.4.